The van der Waals surface area contributed by atoms with Crippen molar-refractivity contribution < 1.29 is 14.3 Å². The number of rotatable bonds is 4. The van der Waals surface area contributed by atoms with E-state index in [9.17, 15) is 4.79 Å². The number of aldehydes is 1. The maximum Gasteiger partial charge on any atom is 0.184 e. The van der Waals surface area contributed by atoms with E-state index in [1.165, 1.54) is 0 Å². The predicted molar refractivity (Wildman–Crippen MR) is 104 cm³/mol. The van der Waals surface area contributed by atoms with Gasteiger partial charge < -0.3 is 9.47 Å². The van der Waals surface area contributed by atoms with Gasteiger partial charge in [0.15, 0.2) is 17.8 Å². The lowest BCUT2D eigenvalue weighted by atomic mass is 9.96. The zero-order valence-electron chi connectivity index (χ0n) is 11.5. The Morgan fingerprint density at radius 2 is 1.73 bits per heavy atom. The van der Waals surface area contributed by atoms with E-state index < -0.39 is 0 Å². The van der Waals surface area contributed by atoms with Crippen LogP contribution in [-0.2, 0) is 0 Å². The number of halogens is 4. The lowest BCUT2D eigenvalue weighted by molar-refractivity contribution is 0.112. The molecule has 0 aliphatic carbocycles. The molecule has 0 fully saturated rings. The van der Waals surface area contributed by atoms with Crippen LogP contribution in [0.15, 0.2) is 36.1 Å². The molecule has 0 spiro atoms. The van der Waals surface area contributed by atoms with E-state index >= 15 is 0 Å². The molecule has 0 aromatic heterocycles. The number of hydrogen-bond acceptors (Lipinski definition) is 3. The minimum Gasteiger partial charge on any atom is -0.492 e. The molecule has 0 unspecified atom stereocenters. The molecule has 0 aliphatic rings. The molecule has 22 heavy (non-hydrogen) atoms. The summed E-state index contributed by atoms with van der Waals surface area (Å²) in [6.07, 6.45) is 0.746. The smallest absolute Gasteiger partial charge is 0.184 e. The van der Waals surface area contributed by atoms with Gasteiger partial charge in [-0.1, -0.05) is 21.4 Å². The number of carbonyl (C=O) groups excluding carboxylic acids is 1. The van der Waals surface area contributed by atoms with Crippen LogP contribution in [0.4, 0.5) is 0 Å². The Hall–Kier alpha value is -0.305. The molecule has 0 N–H and O–H groups in total. The summed E-state index contributed by atoms with van der Waals surface area (Å²) in [6.45, 7) is 0. The highest BCUT2D eigenvalue weighted by molar-refractivity contribution is 9.11. The molecule has 0 saturated carbocycles. The third-order valence-corrected chi connectivity index (χ3v) is 5.59. The van der Waals surface area contributed by atoms with Crippen molar-refractivity contribution in [2.24, 2.45) is 0 Å². The first kappa shape index (κ1) is 18.0. The van der Waals surface area contributed by atoms with Crippen molar-refractivity contribution in [3.8, 4) is 17.2 Å². The quantitative estimate of drug-likeness (QED) is 0.409. The monoisotopic (exact) mass is 552 g/mol. The summed E-state index contributed by atoms with van der Waals surface area (Å²) in [4.78, 5) is 11.3. The van der Waals surface area contributed by atoms with Crippen molar-refractivity contribution in [3.63, 3.8) is 0 Å². The van der Waals surface area contributed by atoms with Crippen LogP contribution in [0.1, 0.15) is 10.4 Å². The fourth-order valence-electron chi connectivity index (χ4n) is 1.85. The van der Waals surface area contributed by atoms with E-state index in [0.29, 0.717) is 27.3 Å². The van der Waals surface area contributed by atoms with Gasteiger partial charge in [-0.2, -0.15) is 0 Å². The molecule has 0 radical (unpaired) electrons. The van der Waals surface area contributed by atoms with Crippen LogP contribution in [0, 0.1) is 0 Å². The Bertz CT molecular complexity index is 750. The van der Waals surface area contributed by atoms with Gasteiger partial charge in [-0.3, -0.25) is 4.79 Å². The molecular formula is C14H9BBr4O3. The largest absolute Gasteiger partial charge is 0.492 e. The number of carbonyl (C=O) groups is 1. The Kier molecular flexibility index (Phi) is 6.16. The number of ether oxygens (including phenoxy) is 2. The summed E-state index contributed by atoms with van der Waals surface area (Å²) in [6, 6.07) is 5.43. The highest BCUT2D eigenvalue weighted by atomic mass is 79.9. The van der Waals surface area contributed by atoms with Crippen molar-refractivity contribution in [1.82, 2.24) is 0 Å². The normalized spacial score (nSPS) is 10.4. The maximum atomic E-state index is 11.3. The van der Waals surface area contributed by atoms with Gasteiger partial charge in [0.25, 0.3) is 0 Å². The third kappa shape index (κ3) is 3.61. The number of benzene rings is 2. The second kappa shape index (κ2) is 7.51. The summed E-state index contributed by atoms with van der Waals surface area (Å²) in [5.41, 5.74) is 1.43. The van der Waals surface area contributed by atoms with Gasteiger partial charge in [-0.25, -0.2) is 0 Å². The van der Waals surface area contributed by atoms with E-state index in [1.807, 2.05) is 13.9 Å². The summed E-state index contributed by atoms with van der Waals surface area (Å²) in [5.74, 6) is 1.47. The lowest BCUT2D eigenvalue weighted by Crippen LogP contribution is -2.08. The Balaban J connectivity index is 2.62. The van der Waals surface area contributed by atoms with Crippen molar-refractivity contribution in [2.75, 3.05) is 7.11 Å². The summed E-state index contributed by atoms with van der Waals surface area (Å²) < 4.78 is 14.4. The average Bonchev–Trinajstić information content (AvgIpc) is 2.44. The van der Waals surface area contributed by atoms with E-state index in [0.717, 1.165) is 25.2 Å². The summed E-state index contributed by atoms with van der Waals surface area (Å²) in [5, 5.41) is 0. The third-order valence-electron chi connectivity index (χ3n) is 2.90. The molecular weight excluding hydrogens is 547 g/mol. The van der Waals surface area contributed by atoms with Gasteiger partial charge in [0.2, 0.25) is 0 Å². The van der Waals surface area contributed by atoms with E-state index in [4.69, 9.17) is 9.47 Å². The average molecular weight is 556 g/mol. The minimum absolute atomic E-state index is 0.422. The standard InChI is InChI=1S/C14H9BBr4O3/c1-21-14-12(19)8(15)4-10(18)13(14)22-11-3-6(16)2-9(17)7(11)5-20/h2-5H,15H2,1H3. The van der Waals surface area contributed by atoms with Crippen LogP contribution in [-0.4, -0.2) is 21.2 Å². The summed E-state index contributed by atoms with van der Waals surface area (Å²) >= 11 is 13.7. The summed E-state index contributed by atoms with van der Waals surface area (Å²) in [7, 11) is 3.52. The highest BCUT2D eigenvalue weighted by Crippen LogP contribution is 2.43. The molecule has 0 heterocycles. The van der Waals surface area contributed by atoms with Gasteiger partial charge in [0, 0.05) is 8.95 Å². The molecule has 0 bridgehead atoms. The lowest BCUT2D eigenvalue weighted by Gasteiger charge is -2.17. The molecule has 2 aromatic rings. The first-order chi connectivity index (χ1) is 10.4. The van der Waals surface area contributed by atoms with Crippen LogP contribution >= 0.6 is 63.7 Å². The topological polar surface area (TPSA) is 35.5 Å². The molecule has 3 nitrogen and oxygen atoms in total. The fraction of sp³-hybridized carbons (Fsp3) is 0.0714. The molecule has 0 saturated heterocycles. The SMILES string of the molecule is Bc1cc(Br)c(Oc2cc(Br)cc(Br)c2C=O)c(OC)c1Br. The van der Waals surface area contributed by atoms with Crippen molar-refractivity contribution >= 4 is 83.3 Å². The first-order valence-electron chi connectivity index (χ1n) is 6.03. The Labute approximate surface area is 162 Å². The molecule has 114 valence electrons. The zero-order chi connectivity index (χ0) is 16.4. The minimum atomic E-state index is 0.422. The van der Waals surface area contributed by atoms with E-state index in [2.05, 4.69) is 63.7 Å². The zero-order valence-corrected chi connectivity index (χ0v) is 17.9. The van der Waals surface area contributed by atoms with E-state index in [-0.39, 0.29) is 0 Å². The van der Waals surface area contributed by atoms with E-state index in [1.54, 1.807) is 19.2 Å². The van der Waals surface area contributed by atoms with Crippen LogP contribution < -0.4 is 14.9 Å². The van der Waals surface area contributed by atoms with Gasteiger partial charge in [-0.15, -0.1) is 0 Å². The highest BCUT2D eigenvalue weighted by Gasteiger charge is 2.19. The maximum absolute atomic E-state index is 11.3. The van der Waals surface area contributed by atoms with Crippen molar-refractivity contribution in [2.45, 2.75) is 0 Å². The van der Waals surface area contributed by atoms with Crippen LogP contribution in [0.25, 0.3) is 0 Å². The van der Waals surface area contributed by atoms with Gasteiger partial charge >= 0.3 is 0 Å². The van der Waals surface area contributed by atoms with Gasteiger partial charge in [-0.05, 0) is 66.0 Å². The Morgan fingerprint density at radius 3 is 2.32 bits per heavy atom. The van der Waals surface area contributed by atoms with Crippen molar-refractivity contribution in [3.05, 3.63) is 41.7 Å². The predicted octanol–water partition coefficient (Wildman–Crippen LogP) is 4.61. The Morgan fingerprint density at radius 1 is 1.05 bits per heavy atom. The fourth-order valence-corrected chi connectivity index (χ4v) is 4.19. The van der Waals surface area contributed by atoms with Crippen LogP contribution in [0.5, 0.6) is 17.2 Å². The number of methoxy groups -OCH3 is 1. The first-order valence-corrected chi connectivity index (χ1v) is 9.20. The molecule has 2 rings (SSSR count). The molecule has 8 heteroatoms. The second-order valence-corrected chi connectivity index (χ2v) is 7.79. The van der Waals surface area contributed by atoms with Gasteiger partial charge in [0.05, 0.1) is 21.6 Å². The van der Waals surface area contributed by atoms with Crippen LogP contribution in [0.2, 0.25) is 0 Å². The molecule has 0 aliphatic heterocycles. The second-order valence-electron chi connectivity index (χ2n) is 4.37. The number of hydrogen-bond donors (Lipinski definition) is 0. The van der Waals surface area contributed by atoms with Crippen molar-refractivity contribution in [1.29, 1.82) is 0 Å². The van der Waals surface area contributed by atoms with Crippen LogP contribution in [0.3, 0.4) is 0 Å². The molecule has 2 aromatic carbocycles. The molecule has 0 atom stereocenters. The molecule has 0 amide bonds. The van der Waals surface area contributed by atoms with Gasteiger partial charge in [0.1, 0.15) is 13.6 Å².